The molecular weight excluding hydrogens is 174 g/mol. The molecule has 2 nitrogen and oxygen atoms in total. The van der Waals surface area contributed by atoms with Gasteiger partial charge < -0.3 is 10.0 Å². The van der Waals surface area contributed by atoms with Gasteiger partial charge in [-0.15, -0.1) is 0 Å². The van der Waals surface area contributed by atoms with Gasteiger partial charge in [-0.1, -0.05) is 12.2 Å². The molecule has 1 fully saturated rings. The highest BCUT2D eigenvalue weighted by atomic mass is 16.2. The van der Waals surface area contributed by atoms with Crippen molar-refractivity contribution in [2.24, 2.45) is 5.92 Å². The normalized spacial score (nSPS) is 24.1. The van der Waals surface area contributed by atoms with E-state index >= 15 is 0 Å². The summed E-state index contributed by atoms with van der Waals surface area (Å²) >= 11 is 0. The molecule has 1 heterocycles. The van der Waals surface area contributed by atoms with Gasteiger partial charge in [0.15, 0.2) is 0 Å². The standard InChI is InChI=1S/C12H23NO/c1-11(2)13-8-7-12(10-13)6-4-3-5-9-14/h3-4,11-12,14H,5-10H2,1-2H3/b4-3-. The Balaban J connectivity index is 2.16. The van der Waals surface area contributed by atoms with Crippen LogP contribution in [0.1, 0.15) is 33.1 Å². The molecule has 0 amide bonds. The Hall–Kier alpha value is -0.340. The second-order valence-electron chi connectivity index (χ2n) is 4.46. The van der Waals surface area contributed by atoms with Crippen molar-refractivity contribution in [1.82, 2.24) is 4.90 Å². The molecule has 1 rings (SSSR count). The van der Waals surface area contributed by atoms with E-state index in [1.807, 2.05) is 0 Å². The Morgan fingerprint density at radius 3 is 2.79 bits per heavy atom. The first-order valence-corrected chi connectivity index (χ1v) is 5.74. The molecule has 0 aromatic heterocycles. The summed E-state index contributed by atoms with van der Waals surface area (Å²) in [5, 5.41) is 8.61. The third-order valence-electron chi connectivity index (χ3n) is 2.98. The van der Waals surface area contributed by atoms with Crippen LogP contribution >= 0.6 is 0 Å². The fourth-order valence-electron chi connectivity index (χ4n) is 2.01. The Labute approximate surface area is 87.6 Å². The molecule has 1 unspecified atom stereocenters. The van der Waals surface area contributed by atoms with Crippen LogP contribution in [0.5, 0.6) is 0 Å². The zero-order valence-corrected chi connectivity index (χ0v) is 9.45. The van der Waals surface area contributed by atoms with Gasteiger partial charge in [-0.25, -0.2) is 0 Å². The molecule has 0 aliphatic carbocycles. The van der Waals surface area contributed by atoms with Crippen molar-refractivity contribution in [3.05, 3.63) is 12.2 Å². The van der Waals surface area contributed by atoms with E-state index in [0.29, 0.717) is 6.04 Å². The molecule has 0 saturated carbocycles. The Kier molecular flexibility index (Phi) is 5.20. The summed E-state index contributed by atoms with van der Waals surface area (Å²) in [5.74, 6) is 0.840. The minimum absolute atomic E-state index is 0.277. The largest absolute Gasteiger partial charge is 0.396 e. The minimum Gasteiger partial charge on any atom is -0.396 e. The Morgan fingerprint density at radius 1 is 1.43 bits per heavy atom. The molecule has 1 atom stereocenters. The predicted molar refractivity (Wildman–Crippen MR) is 60.3 cm³/mol. The highest BCUT2D eigenvalue weighted by Crippen LogP contribution is 2.21. The van der Waals surface area contributed by atoms with Crippen molar-refractivity contribution >= 4 is 0 Å². The molecule has 1 saturated heterocycles. The van der Waals surface area contributed by atoms with Gasteiger partial charge in [0.25, 0.3) is 0 Å². The molecule has 1 N–H and O–H groups in total. The van der Waals surface area contributed by atoms with Gasteiger partial charge in [-0.2, -0.15) is 0 Å². The fraction of sp³-hybridized carbons (Fsp3) is 0.833. The van der Waals surface area contributed by atoms with Crippen LogP contribution in [0, 0.1) is 5.92 Å². The van der Waals surface area contributed by atoms with Gasteiger partial charge in [0.05, 0.1) is 0 Å². The SMILES string of the molecule is CC(C)N1CCC(C/C=C\CCO)C1. The number of nitrogens with zero attached hydrogens (tertiary/aromatic N) is 1. The third-order valence-corrected chi connectivity index (χ3v) is 2.98. The lowest BCUT2D eigenvalue weighted by Gasteiger charge is -2.19. The second kappa shape index (κ2) is 6.20. The summed E-state index contributed by atoms with van der Waals surface area (Å²) < 4.78 is 0. The van der Waals surface area contributed by atoms with Crippen LogP contribution in [0.3, 0.4) is 0 Å². The lowest BCUT2D eigenvalue weighted by Crippen LogP contribution is -2.28. The van der Waals surface area contributed by atoms with E-state index in [1.54, 1.807) is 0 Å². The van der Waals surface area contributed by atoms with E-state index in [2.05, 4.69) is 30.9 Å². The average molecular weight is 197 g/mol. The molecule has 0 aromatic carbocycles. The van der Waals surface area contributed by atoms with Gasteiger partial charge in [-0.3, -0.25) is 0 Å². The van der Waals surface area contributed by atoms with Gasteiger partial charge in [0.2, 0.25) is 0 Å². The van der Waals surface area contributed by atoms with Crippen LogP contribution in [0.2, 0.25) is 0 Å². The Bertz CT molecular complexity index is 177. The molecule has 2 heteroatoms. The number of hydrogen-bond acceptors (Lipinski definition) is 2. The van der Waals surface area contributed by atoms with Crippen molar-refractivity contribution in [3.63, 3.8) is 0 Å². The molecular formula is C12H23NO. The number of allylic oxidation sites excluding steroid dienone is 1. The van der Waals surface area contributed by atoms with E-state index in [1.165, 1.54) is 25.9 Å². The van der Waals surface area contributed by atoms with Crippen LogP contribution < -0.4 is 0 Å². The Morgan fingerprint density at radius 2 is 2.21 bits per heavy atom. The summed E-state index contributed by atoms with van der Waals surface area (Å²) in [4.78, 5) is 2.55. The first kappa shape index (κ1) is 11.7. The third kappa shape index (κ3) is 3.81. The molecule has 1 aliphatic rings. The summed E-state index contributed by atoms with van der Waals surface area (Å²) in [7, 11) is 0. The number of rotatable bonds is 5. The van der Waals surface area contributed by atoms with Gasteiger partial charge in [0, 0.05) is 19.2 Å². The fourth-order valence-corrected chi connectivity index (χ4v) is 2.01. The van der Waals surface area contributed by atoms with E-state index in [4.69, 9.17) is 5.11 Å². The number of likely N-dealkylation sites (tertiary alicyclic amines) is 1. The molecule has 14 heavy (non-hydrogen) atoms. The molecule has 0 radical (unpaired) electrons. The quantitative estimate of drug-likeness (QED) is 0.682. The maximum atomic E-state index is 8.61. The van der Waals surface area contributed by atoms with Crippen molar-refractivity contribution in [2.75, 3.05) is 19.7 Å². The number of aliphatic hydroxyl groups excluding tert-OH is 1. The van der Waals surface area contributed by atoms with Crippen LogP contribution in [0.15, 0.2) is 12.2 Å². The average Bonchev–Trinajstić information content (AvgIpc) is 2.61. The zero-order chi connectivity index (χ0) is 10.4. The molecule has 0 aromatic rings. The molecule has 0 spiro atoms. The summed E-state index contributed by atoms with van der Waals surface area (Å²) in [5.41, 5.74) is 0. The van der Waals surface area contributed by atoms with Crippen molar-refractivity contribution < 1.29 is 5.11 Å². The first-order chi connectivity index (χ1) is 6.74. The van der Waals surface area contributed by atoms with Gasteiger partial charge in [-0.05, 0) is 45.6 Å². The number of aliphatic hydroxyl groups is 1. The minimum atomic E-state index is 0.277. The predicted octanol–water partition coefficient (Wildman–Crippen LogP) is 2.05. The maximum Gasteiger partial charge on any atom is 0.0465 e. The topological polar surface area (TPSA) is 23.5 Å². The highest BCUT2D eigenvalue weighted by molar-refractivity contribution is 4.88. The second-order valence-corrected chi connectivity index (χ2v) is 4.46. The smallest absolute Gasteiger partial charge is 0.0465 e. The van der Waals surface area contributed by atoms with E-state index < -0.39 is 0 Å². The number of hydrogen-bond donors (Lipinski definition) is 1. The van der Waals surface area contributed by atoms with Crippen molar-refractivity contribution in [3.8, 4) is 0 Å². The molecule has 82 valence electrons. The van der Waals surface area contributed by atoms with Crippen molar-refractivity contribution in [2.45, 2.75) is 39.2 Å². The van der Waals surface area contributed by atoms with E-state index in [0.717, 1.165) is 12.3 Å². The summed E-state index contributed by atoms with van der Waals surface area (Å²) in [6, 6.07) is 0.696. The summed E-state index contributed by atoms with van der Waals surface area (Å²) in [6.07, 6.45) is 7.65. The molecule has 1 aliphatic heterocycles. The van der Waals surface area contributed by atoms with Crippen LogP contribution in [0.25, 0.3) is 0 Å². The van der Waals surface area contributed by atoms with Crippen molar-refractivity contribution in [1.29, 1.82) is 0 Å². The van der Waals surface area contributed by atoms with Gasteiger partial charge >= 0.3 is 0 Å². The monoisotopic (exact) mass is 197 g/mol. The first-order valence-electron chi connectivity index (χ1n) is 5.74. The maximum absolute atomic E-state index is 8.61. The zero-order valence-electron chi connectivity index (χ0n) is 9.45. The lowest BCUT2D eigenvalue weighted by atomic mass is 10.0. The lowest BCUT2D eigenvalue weighted by molar-refractivity contribution is 0.265. The molecule has 0 bridgehead atoms. The van der Waals surface area contributed by atoms with E-state index in [9.17, 15) is 0 Å². The van der Waals surface area contributed by atoms with Crippen LogP contribution in [0.4, 0.5) is 0 Å². The highest BCUT2D eigenvalue weighted by Gasteiger charge is 2.22. The van der Waals surface area contributed by atoms with Crippen LogP contribution in [-0.4, -0.2) is 35.7 Å². The van der Waals surface area contributed by atoms with E-state index in [-0.39, 0.29) is 6.61 Å². The van der Waals surface area contributed by atoms with Gasteiger partial charge in [0.1, 0.15) is 0 Å². The van der Waals surface area contributed by atoms with Crippen LogP contribution in [-0.2, 0) is 0 Å². The summed E-state index contributed by atoms with van der Waals surface area (Å²) in [6.45, 7) is 7.32.